The predicted molar refractivity (Wildman–Crippen MR) is 76.2 cm³/mol. The van der Waals surface area contributed by atoms with E-state index in [4.69, 9.17) is 4.74 Å². The van der Waals surface area contributed by atoms with Crippen molar-refractivity contribution in [2.75, 3.05) is 7.11 Å². The van der Waals surface area contributed by atoms with Crippen LogP contribution in [0.15, 0.2) is 5.38 Å². The number of ether oxygens (including phenoxy) is 1. The molecule has 104 valence electrons. The molecular formula is C14H25NO2S. The maximum Gasteiger partial charge on any atom is 0.0954 e. The van der Waals surface area contributed by atoms with E-state index >= 15 is 0 Å². The molecule has 0 amide bonds. The molecule has 1 aromatic heterocycles. The van der Waals surface area contributed by atoms with Gasteiger partial charge < -0.3 is 9.84 Å². The Labute approximate surface area is 114 Å². The second-order valence-electron chi connectivity index (χ2n) is 6.40. The van der Waals surface area contributed by atoms with Crippen LogP contribution in [-0.4, -0.2) is 28.9 Å². The van der Waals surface area contributed by atoms with Crippen LogP contribution in [0.5, 0.6) is 0 Å². The molecule has 0 saturated carbocycles. The molecule has 4 heteroatoms. The van der Waals surface area contributed by atoms with Crippen LogP contribution < -0.4 is 0 Å². The summed E-state index contributed by atoms with van der Waals surface area (Å²) in [6.07, 6.45) is 0.820. The normalized spacial score (nSPS) is 14.8. The molecule has 1 N–H and O–H groups in total. The van der Waals surface area contributed by atoms with E-state index in [-0.39, 0.29) is 11.0 Å². The van der Waals surface area contributed by atoms with E-state index in [9.17, 15) is 5.11 Å². The summed E-state index contributed by atoms with van der Waals surface area (Å²) >= 11 is 1.63. The van der Waals surface area contributed by atoms with Crippen LogP contribution >= 0.6 is 11.3 Å². The van der Waals surface area contributed by atoms with Crippen molar-refractivity contribution in [1.82, 2.24) is 4.98 Å². The minimum absolute atomic E-state index is 0.0749. The van der Waals surface area contributed by atoms with Crippen molar-refractivity contribution in [3.63, 3.8) is 0 Å². The fourth-order valence-corrected chi connectivity index (χ4v) is 2.77. The fourth-order valence-electron chi connectivity index (χ4n) is 1.67. The van der Waals surface area contributed by atoms with Gasteiger partial charge in [0.15, 0.2) is 0 Å². The number of thiazole rings is 1. The summed E-state index contributed by atoms with van der Waals surface area (Å²) in [6.45, 7) is 10.4. The first kappa shape index (κ1) is 15.6. The Kier molecular flexibility index (Phi) is 4.92. The first-order valence-corrected chi connectivity index (χ1v) is 7.20. The summed E-state index contributed by atoms with van der Waals surface area (Å²) in [5.41, 5.74) is 0.885. The molecule has 1 atom stereocenters. The highest BCUT2D eigenvalue weighted by atomic mass is 32.1. The largest absolute Gasteiger partial charge is 0.393 e. The molecule has 0 aromatic carbocycles. The van der Waals surface area contributed by atoms with Gasteiger partial charge in [0.05, 0.1) is 22.4 Å². The smallest absolute Gasteiger partial charge is 0.0954 e. The van der Waals surface area contributed by atoms with Crippen LogP contribution in [0.1, 0.15) is 51.7 Å². The van der Waals surface area contributed by atoms with Crippen molar-refractivity contribution >= 4 is 11.3 Å². The lowest BCUT2D eigenvalue weighted by molar-refractivity contribution is -0.0190. The molecule has 18 heavy (non-hydrogen) atoms. The average Bonchev–Trinajstić information content (AvgIpc) is 2.64. The zero-order valence-corrected chi connectivity index (χ0v) is 13.1. The lowest BCUT2D eigenvalue weighted by atomic mass is 9.93. The lowest BCUT2D eigenvalue weighted by Crippen LogP contribution is -2.29. The number of rotatable bonds is 5. The predicted octanol–water partition coefficient (Wildman–Crippen LogP) is 3.16. The Bertz CT molecular complexity index is 379. The number of hydrogen-bond donors (Lipinski definition) is 1. The summed E-state index contributed by atoms with van der Waals surface area (Å²) in [6, 6.07) is 0. The minimum atomic E-state index is -0.404. The van der Waals surface area contributed by atoms with Gasteiger partial charge in [0.25, 0.3) is 0 Å². The molecule has 1 aromatic rings. The van der Waals surface area contributed by atoms with Gasteiger partial charge in [-0.25, -0.2) is 4.98 Å². The van der Waals surface area contributed by atoms with Crippen molar-refractivity contribution < 1.29 is 9.84 Å². The summed E-state index contributed by atoms with van der Waals surface area (Å²) < 4.78 is 5.33. The van der Waals surface area contributed by atoms with E-state index in [1.165, 1.54) is 0 Å². The maximum atomic E-state index is 10.1. The molecular weight excluding hydrogens is 246 g/mol. The number of aromatic nitrogens is 1. The molecule has 1 rings (SSSR count). The Balaban J connectivity index is 2.60. The highest BCUT2D eigenvalue weighted by Gasteiger charge is 2.23. The Morgan fingerprint density at radius 3 is 2.39 bits per heavy atom. The molecule has 3 nitrogen and oxygen atoms in total. The number of aliphatic hydroxyl groups is 1. The van der Waals surface area contributed by atoms with E-state index in [2.05, 4.69) is 31.1 Å². The molecule has 0 aliphatic heterocycles. The van der Waals surface area contributed by atoms with Crippen LogP contribution in [0, 0.1) is 0 Å². The van der Waals surface area contributed by atoms with E-state index in [1.54, 1.807) is 18.4 Å². The van der Waals surface area contributed by atoms with Gasteiger partial charge >= 0.3 is 0 Å². The number of aliphatic hydroxyl groups excluding tert-OH is 1. The first-order valence-electron chi connectivity index (χ1n) is 6.32. The molecule has 0 aliphatic carbocycles. The van der Waals surface area contributed by atoms with Crippen LogP contribution in [0.2, 0.25) is 0 Å². The van der Waals surface area contributed by atoms with Crippen LogP contribution in [0.4, 0.5) is 0 Å². The molecule has 0 bridgehead atoms. The van der Waals surface area contributed by atoms with Gasteiger partial charge in [0.1, 0.15) is 0 Å². The number of hydrogen-bond acceptors (Lipinski definition) is 4. The molecule has 0 fully saturated rings. The van der Waals surface area contributed by atoms with Gasteiger partial charge in [-0.3, -0.25) is 0 Å². The topological polar surface area (TPSA) is 42.4 Å². The first-order chi connectivity index (χ1) is 8.14. The number of methoxy groups -OCH3 is 1. The second-order valence-corrected chi connectivity index (χ2v) is 7.35. The summed E-state index contributed by atoms with van der Waals surface area (Å²) in [5.74, 6) is 0. The van der Waals surface area contributed by atoms with Crippen LogP contribution in [-0.2, 0) is 16.6 Å². The molecule has 0 saturated heterocycles. The van der Waals surface area contributed by atoms with E-state index in [0.717, 1.165) is 10.7 Å². The Morgan fingerprint density at radius 1 is 1.33 bits per heavy atom. The van der Waals surface area contributed by atoms with Gasteiger partial charge in [-0.2, -0.15) is 0 Å². The maximum absolute atomic E-state index is 10.1. The Morgan fingerprint density at radius 2 is 1.94 bits per heavy atom. The molecule has 0 radical (unpaired) electrons. The standard InChI is InChI=1S/C14H25NO2S/c1-13(2,3)11-9-18-12(15-11)7-10(16)8-14(4,5)17-6/h9-10,16H,7-8H2,1-6H3. The lowest BCUT2D eigenvalue weighted by Gasteiger charge is -2.25. The summed E-state index contributed by atoms with van der Waals surface area (Å²) in [7, 11) is 1.67. The zero-order valence-electron chi connectivity index (χ0n) is 12.3. The van der Waals surface area contributed by atoms with E-state index in [1.807, 2.05) is 13.8 Å². The fraction of sp³-hybridized carbons (Fsp3) is 0.786. The van der Waals surface area contributed by atoms with E-state index in [0.29, 0.717) is 12.8 Å². The third-order valence-electron chi connectivity index (χ3n) is 3.01. The van der Waals surface area contributed by atoms with Crippen molar-refractivity contribution in [3.8, 4) is 0 Å². The minimum Gasteiger partial charge on any atom is -0.393 e. The zero-order chi connectivity index (χ0) is 14.0. The van der Waals surface area contributed by atoms with Gasteiger partial charge in [0.2, 0.25) is 0 Å². The Hall–Kier alpha value is -0.450. The van der Waals surface area contributed by atoms with Crippen molar-refractivity contribution in [1.29, 1.82) is 0 Å². The van der Waals surface area contributed by atoms with Crippen molar-refractivity contribution in [2.24, 2.45) is 0 Å². The van der Waals surface area contributed by atoms with Crippen LogP contribution in [0.3, 0.4) is 0 Å². The second kappa shape index (κ2) is 5.68. The molecule has 0 aliphatic rings. The SMILES string of the molecule is COC(C)(C)CC(O)Cc1nc(C(C)(C)C)cs1. The van der Waals surface area contributed by atoms with Crippen LogP contribution in [0.25, 0.3) is 0 Å². The van der Waals surface area contributed by atoms with Gasteiger partial charge in [0, 0.05) is 30.7 Å². The third-order valence-corrected chi connectivity index (χ3v) is 3.88. The number of nitrogens with zero attached hydrogens (tertiary/aromatic N) is 1. The summed E-state index contributed by atoms with van der Waals surface area (Å²) in [5, 5.41) is 13.2. The van der Waals surface area contributed by atoms with Crippen molar-refractivity contribution in [2.45, 2.75) is 64.6 Å². The highest BCUT2D eigenvalue weighted by molar-refractivity contribution is 7.09. The molecule has 0 spiro atoms. The van der Waals surface area contributed by atoms with Gasteiger partial charge in [-0.15, -0.1) is 11.3 Å². The van der Waals surface area contributed by atoms with Gasteiger partial charge in [-0.05, 0) is 13.8 Å². The van der Waals surface area contributed by atoms with Gasteiger partial charge in [-0.1, -0.05) is 20.8 Å². The van der Waals surface area contributed by atoms with Crippen molar-refractivity contribution in [3.05, 3.63) is 16.1 Å². The van der Waals surface area contributed by atoms with E-state index < -0.39 is 6.10 Å². The molecule has 1 unspecified atom stereocenters. The summed E-state index contributed by atoms with van der Waals surface area (Å²) in [4.78, 5) is 4.60. The molecule has 1 heterocycles. The highest BCUT2D eigenvalue weighted by Crippen LogP contribution is 2.25. The quantitative estimate of drug-likeness (QED) is 0.894. The third kappa shape index (κ3) is 4.67. The monoisotopic (exact) mass is 271 g/mol. The average molecular weight is 271 g/mol.